The molecular formula is C23H40O3SSi. The molecular weight excluding hydrogens is 384 g/mol. The van der Waals surface area contributed by atoms with Gasteiger partial charge in [-0.25, -0.2) is 8.42 Å². The summed E-state index contributed by atoms with van der Waals surface area (Å²) in [4.78, 5) is 0.452. The van der Waals surface area contributed by atoms with E-state index >= 15 is 0 Å². The third-order valence-corrected chi connectivity index (χ3v) is 14.9. The zero-order valence-corrected chi connectivity index (χ0v) is 20.6. The molecule has 1 aliphatic carbocycles. The van der Waals surface area contributed by atoms with Gasteiger partial charge in [0.15, 0.2) is 18.2 Å². The first-order valence-electron chi connectivity index (χ1n) is 10.9. The smallest absolute Gasteiger partial charge is 0.200 e. The summed E-state index contributed by atoms with van der Waals surface area (Å²) >= 11 is 0. The van der Waals surface area contributed by atoms with Crippen molar-refractivity contribution < 1.29 is 12.8 Å². The Bertz CT molecular complexity index is 691. The Morgan fingerprint density at radius 1 is 0.964 bits per heavy atom. The summed E-state index contributed by atoms with van der Waals surface area (Å²) in [5.41, 5.74) is 1.75. The molecule has 0 bridgehead atoms. The van der Waals surface area contributed by atoms with Crippen molar-refractivity contribution in [2.24, 2.45) is 17.8 Å². The van der Waals surface area contributed by atoms with Crippen molar-refractivity contribution in [3.8, 4) is 0 Å². The largest absolute Gasteiger partial charge is 0.416 e. The first-order chi connectivity index (χ1) is 13.0. The third kappa shape index (κ3) is 5.09. The molecule has 0 N–H and O–H groups in total. The number of rotatable bonds is 9. The maximum Gasteiger partial charge on any atom is 0.200 e. The molecule has 1 aromatic carbocycles. The summed E-state index contributed by atoms with van der Waals surface area (Å²) in [6.45, 7) is 16.9. The topological polar surface area (TPSA) is 43.4 Å². The normalized spacial score (nSPS) is 23.9. The Morgan fingerprint density at radius 2 is 1.50 bits per heavy atom. The zero-order valence-electron chi connectivity index (χ0n) is 18.8. The summed E-state index contributed by atoms with van der Waals surface area (Å²) in [6, 6.07) is 8.89. The van der Waals surface area contributed by atoms with Gasteiger partial charge in [-0.05, 0) is 59.4 Å². The van der Waals surface area contributed by atoms with Gasteiger partial charge in [0, 0.05) is 6.61 Å². The van der Waals surface area contributed by atoms with Gasteiger partial charge in [0.25, 0.3) is 0 Å². The Morgan fingerprint density at radius 3 is 2.00 bits per heavy atom. The second-order valence-electron chi connectivity index (χ2n) is 9.80. The Balaban J connectivity index is 2.03. The molecule has 0 heterocycles. The predicted molar refractivity (Wildman–Crippen MR) is 121 cm³/mol. The van der Waals surface area contributed by atoms with E-state index < -0.39 is 18.2 Å². The van der Waals surface area contributed by atoms with Crippen molar-refractivity contribution in [2.75, 3.05) is 12.4 Å². The van der Waals surface area contributed by atoms with Gasteiger partial charge in [0.1, 0.15) is 0 Å². The van der Waals surface area contributed by atoms with Crippen molar-refractivity contribution in [1.29, 1.82) is 0 Å². The van der Waals surface area contributed by atoms with Gasteiger partial charge in [0.05, 0.1) is 10.6 Å². The molecule has 1 saturated carbocycles. The first kappa shape index (κ1) is 23.6. The second-order valence-corrected chi connectivity index (χ2v) is 17.3. The molecule has 3 nitrogen and oxygen atoms in total. The molecule has 0 unspecified atom stereocenters. The highest BCUT2D eigenvalue weighted by atomic mass is 32.2. The minimum absolute atomic E-state index is 0.229. The monoisotopic (exact) mass is 424 g/mol. The standard InChI is InChI=1S/C23H40O3SSi/c1-17(2)28(18(3)4,19(5)6)26-15-21-13-20(7)22(14-21)16-27(24,25)23-11-9-8-10-12-23/h8-12,17-22H,13-16H2,1-7H3/t20-,21+,22-/m0/s1. The molecule has 28 heavy (non-hydrogen) atoms. The minimum atomic E-state index is -3.22. The minimum Gasteiger partial charge on any atom is -0.416 e. The fourth-order valence-electron chi connectivity index (χ4n) is 5.61. The lowest BCUT2D eigenvalue weighted by Crippen LogP contribution is -2.48. The fraction of sp³-hybridized carbons (Fsp3) is 0.739. The molecule has 1 aromatic rings. The van der Waals surface area contributed by atoms with E-state index in [2.05, 4.69) is 48.5 Å². The summed E-state index contributed by atoms with van der Waals surface area (Å²) < 4.78 is 32.4. The van der Waals surface area contributed by atoms with Crippen molar-refractivity contribution >= 4 is 18.2 Å². The molecule has 0 radical (unpaired) electrons. The van der Waals surface area contributed by atoms with Gasteiger partial charge in [0.2, 0.25) is 0 Å². The lowest BCUT2D eigenvalue weighted by atomic mass is 10.0. The molecule has 3 atom stereocenters. The Labute approximate surface area is 174 Å². The van der Waals surface area contributed by atoms with Crippen LogP contribution in [0.1, 0.15) is 61.3 Å². The molecule has 0 amide bonds. The average Bonchev–Trinajstić information content (AvgIpc) is 2.94. The van der Waals surface area contributed by atoms with Gasteiger partial charge >= 0.3 is 0 Å². The van der Waals surface area contributed by atoms with Crippen molar-refractivity contribution in [2.45, 2.75) is 82.8 Å². The van der Waals surface area contributed by atoms with E-state index in [1.165, 1.54) is 0 Å². The first-order valence-corrected chi connectivity index (χ1v) is 14.7. The van der Waals surface area contributed by atoms with E-state index in [4.69, 9.17) is 4.43 Å². The lowest BCUT2D eigenvalue weighted by Gasteiger charge is -2.42. The van der Waals surface area contributed by atoms with E-state index in [1.54, 1.807) is 24.3 Å². The number of hydrogen-bond acceptors (Lipinski definition) is 3. The van der Waals surface area contributed by atoms with E-state index in [9.17, 15) is 8.42 Å². The molecule has 0 aliphatic heterocycles. The molecule has 2 rings (SSSR count). The maximum absolute atomic E-state index is 12.8. The molecule has 0 spiro atoms. The van der Waals surface area contributed by atoms with Gasteiger partial charge in [-0.3, -0.25) is 0 Å². The highest BCUT2D eigenvalue weighted by molar-refractivity contribution is 7.91. The van der Waals surface area contributed by atoms with E-state index in [0.29, 0.717) is 33.4 Å². The summed E-state index contributed by atoms with van der Waals surface area (Å²) in [6.07, 6.45) is 2.04. The summed E-state index contributed by atoms with van der Waals surface area (Å²) in [5.74, 6) is 1.40. The van der Waals surface area contributed by atoms with Crippen LogP contribution in [0.2, 0.25) is 16.6 Å². The van der Waals surface area contributed by atoms with Crippen LogP contribution in [0.25, 0.3) is 0 Å². The molecule has 1 fully saturated rings. The third-order valence-electron chi connectivity index (χ3n) is 6.96. The highest BCUT2D eigenvalue weighted by Crippen LogP contribution is 2.44. The van der Waals surface area contributed by atoms with Crippen LogP contribution in [0, 0.1) is 17.8 Å². The zero-order chi connectivity index (χ0) is 21.1. The van der Waals surface area contributed by atoms with Crippen molar-refractivity contribution in [3.05, 3.63) is 30.3 Å². The average molecular weight is 425 g/mol. The predicted octanol–water partition coefficient (Wildman–Crippen LogP) is 6.31. The maximum atomic E-state index is 12.8. The van der Waals surface area contributed by atoms with E-state index in [1.807, 2.05) is 6.07 Å². The summed E-state index contributed by atoms with van der Waals surface area (Å²) in [5, 5.41) is 0. The number of sulfone groups is 1. The highest BCUT2D eigenvalue weighted by Gasteiger charge is 2.46. The second kappa shape index (κ2) is 9.44. The number of benzene rings is 1. The molecule has 0 saturated heterocycles. The lowest BCUT2D eigenvalue weighted by molar-refractivity contribution is 0.219. The van der Waals surface area contributed by atoms with E-state index in [-0.39, 0.29) is 11.7 Å². The summed E-state index contributed by atoms with van der Waals surface area (Å²) in [7, 11) is -5.07. The van der Waals surface area contributed by atoms with Crippen LogP contribution in [0.4, 0.5) is 0 Å². The van der Waals surface area contributed by atoms with Crippen LogP contribution in [0.5, 0.6) is 0 Å². The SMILES string of the molecule is CC(C)[Si](OC[C@H]1C[C@@H](CS(=O)(=O)c2ccccc2)[C@@H](C)C1)(C(C)C)C(C)C. The van der Waals surface area contributed by atoms with Crippen molar-refractivity contribution in [3.63, 3.8) is 0 Å². The van der Waals surface area contributed by atoms with Crippen LogP contribution in [0.3, 0.4) is 0 Å². The van der Waals surface area contributed by atoms with Gasteiger partial charge in [-0.2, -0.15) is 0 Å². The Hall–Kier alpha value is -0.653. The van der Waals surface area contributed by atoms with Crippen LogP contribution < -0.4 is 0 Å². The fourth-order valence-corrected chi connectivity index (χ4v) is 12.9. The van der Waals surface area contributed by atoms with Crippen LogP contribution in [0.15, 0.2) is 35.2 Å². The van der Waals surface area contributed by atoms with Crippen LogP contribution in [-0.2, 0) is 14.3 Å². The van der Waals surface area contributed by atoms with Crippen LogP contribution in [-0.4, -0.2) is 29.1 Å². The van der Waals surface area contributed by atoms with Crippen LogP contribution >= 0.6 is 0 Å². The van der Waals surface area contributed by atoms with Gasteiger partial charge in [-0.15, -0.1) is 0 Å². The number of hydrogen-bond donors (Lipinski definition) is 0. The van der Waals surface area contributed by atoms with Crippen molar-refractivity contribution in [1.82, 2.24) is 0 Å². The molecule has 0 aromatic heterocycles. The van der Waals surface area contributed by atoms with Gasteiger partial charge < -0.3 is 4.43 Å². The Kier molecular flexibility index (Phi) is 7.96. The molecule has 160 valence electrons. The van der Waals surface area contributed by atoms with E-state index in [0.717, 1.165) is 19.4 Å². The molecule has 5 heteroatoms. The molecule has 1 aliphatic rings. The van der Waals surface area contributed by atoms with Gasteiger partial charge in [-0.1, -0.05) is 66.7 Å². The quantitative estimate of drug-likeness (QED) is 0.436.